The SMILES string of the molecule is Cc1onc(-c2ccccc2)c1-c1ccc2ncnc(NC3CCC(N(C)C)CC3)c2c1. The van der Waals surface area contributed by atoms with Gasteiger partial charge in [0.25, 0.3) is 0 Å². The van der Waals surface area contributed by atoms with Gasteiger partial charge in [-0.3, -0.25) is 0 Å². The molecule has 164 valence electrons. The Morgan fingerprint density at radius 1 is 0.938 bits per heavy atom. The molecule has 2 aromatic heterocycles. The highest BCUT2D eigenvalue weighted by atomic mass is 16.5. The lowest BCUT2D eigenvalue weighted by Gasteiger charge is -2.33. The lowest BCUT2D eigenvalue weighted by molar-refractivity contribution is 0.221. The van der Waals surface area contributed by atoms with Crippen LogP contribution in [0.1, 0.15) is 31.4 Å². The summed E-state index contributed by atoms with van der Waals surface area (Å²) >= 11 is 0. The van der Waals surface area contributed by atoms with E-state index in [1.54, 1.807) is 6.33 Å². The molecule has 0 bridgehead atoms. The molecule has 1 aliphatic rings. The molecule has 6 heteroatoms. The maximum absolute atomic E-state index is 5.60. The van der Waals surface area contributed by atoms with Gasteiger partial charge in [0.15, 0.2) is 0 Å². The zero-order valence-electron chi connectivity index (χ0n) is 18.9. The molecule has 1 fully saturated rings. The number of hydrogen-bond acceptors (Lipinski definition) is 6. The average molecular weight is 428 g/mol. The average Bonchev–Trinajstić information content (AvgIpc) is 3.21. The Morgan fingerprint density at radius 3 is 2.47 bits per heavy atom. The molecule has 32 heavy (non-hydrogen) atoms. The van der Waals surface area contributed by atoms with Crippen LogP contribution < -0.4 is 5.32 Å². The third kappa shape index (κ3) is 3.98. The summed E-state index contributed by atoms with van der Waals surface area (Å²) in [6.07, 6.45) is 6.36. The summed E-state index contributed by atoms with van der Waals surface area (Å²) in [6.45, 7) is 1.96. The van der Waals surface area contributed by atoms with E-state index in [1.807, 2.05) is 25.1 Å². The van der Waals surface area contributed by atoms with Crippen molar-refractivity contribution in [3.63, 3.8) is 0 Å². The first-order valence-corrected chi connectivity index (χ1v) is 11.3. The molecule has 0 atom stereocenters. The van der Waals surface area contributed by atoms with Gasteiger partial charge < -0.3 is 14.7 Å². The largest absolute Gasteiger partial charge is 0.367 e. The zero-order valence-corrected chi connectivity index (χ0v) is 18.9. The predicted octanol–water partition coefficient (Wildman–Crippen LogP) is 5.54. The minimum absolute atomic E-state index is 0.435. The van der Waals surface area contributed by atoms with Crippen molar-refractivity contribution in [2.45, 2.75) is 44.7 Å². The second-order valence-electron chi connectivity index (χ2n) is 8.90. The van der Waals surface area contributed by atoms with Gasteiger partial charge in [-0.15, -0.1) is 0 Å². The van der Waals surface area contributed by atoms with E-state index in [4.69, 9.17) is 4.52 Å². The lowest BCUT2D eigenvalue weighted by atomic mass is 9.90. The molecular weight excluding hydrogens is 398 g/mol. The predicted molar refractivity (Wildman–Crippen MR) is 129 cm³/mol. The van der Waals surface area contributed by atoms with Crippen LogP contribution in [0, 0.1) is 6.92 Å². The van der Waals surface area contributed by atoms with Crippen molar-refractivity contribution < 1.29 is 4.52 Å². The Balaban J connectivity index is 1.49. The van der Waals surface area contributed by atoms with E-state index in [9.17, 15) is 0 Å². The van der Waals surface area contributed by atoms with Crippen LogP contribution in [0.25, 0.3) is 33.3 Å². The molecule has 1 aliphatic carbocycles. The third-order valence-electron chi connectivity index (χ3n) is 6.60. The van der Waals surface area contributed by atoms with E-state index in [-0.39, 0.29) is 0 Å². The van der Waals surface area contributed by atoms with Crippen molar-refractivity contribution >= 4 is 16.7 Å². The lowest BCUT2D eigenvalue weighted by Crippen LogP contribution is -2.36. The Morgan fingerprint density at radius 2 is 1.72 bits per heavy atom. The molecule has 0 aliphatic heterocycles. The smallest absolute Gasteiger partial charge is 0.142 e. The summed E-state index contributed by atoms with van der Waals surface area (Å²) in [7, 11) is 4.35. The van der Waals surface area contributed by atoms with Crippen molar-refractivity contribution in [2.24, 2.45) is 0 Å². The molecular formula is C26H29N5O. The van der Waals surface area contributed by atoms with Gasteiger partial charge in [-0.2, -0.15) is 0 Å². The van der Waals surface area contributed by atoms with Crippen molar-refractivity contribution in [3.05, 3.63) is 60.6 Å². The summed E-state index contributed by atoms with van der Waals surface area (Å²) in [5.74, 6) is 1.71. The molecule has 6 nitrogen and oxygen atoms in total. The number of benzene rings is 2. The number of rotatable bonds is 5. The van der Waals surface area contributed by atoms with Gasteiger partial charge in [-0.05, 0) is 64.4 Å². The van der Waals surface area contributed by atoms with Gasteiger partial charge in [0.2, 0.25) is 0 Å². The highest BCUT2D eigenvalue weighted by molar-refractivity contribution is 5.94. The van der Waals surface area contributed by atoms with E-state index in [0.717, 1.165) is 57.7 Å². The summed E-state index contributed by atoms with van der Waals surface area (Å²) in [5.41, 5.74) is 4.91. The van der Waals surface area contributed by atoms with Crippen LogP contribution in [0.2, 0.25) is 0 Å². The van der Waals surface area contributed by atoms with Crippen LogP contribution in [0.4, 0.5) is 5.82 Å². The van der Waals surface area contributed by atoms with Gasteiger partial charge in [0, 0.05) is 23.0 Å². The van der Waals surface area contributed by atoms with Crippen molar-refractivity contribution in [3.8, 4) is 22.4 Å². The van der Waals surface area contributed by atoms with Gasteiger partial charge >= 0.3 is 0 Å². The minimum Gasteiger partial charge on any atom is -0.367 e. The highest BCUT2D eigenvalue weighted by Gasteiger charge is 2.23. The first kappa shape index (κ1) is 20.6. The molecule has 1 N–H and O–H groups in total. The maximum atomic E-state index is 5.60. The number of fused-ring (bicyclic) bond motifs is 1. The first-order chi connectivity index (χ1) is 15.6. The van der Waals surface area contributed by atoms with Crippen LogP contribution in [0.3, 0.4) is 0 Å². The monoisotopic (exact) mass is 427 g/mol. The molecule has 0 saturated heterocycles. The van der Waals surface area contributed by atoms with E-state index in [2.05, 4.69) is 69.8 Å². The molecule has 0 unspecified atom stereocenters. The fraction of sp³-hybridized carbons (Fsp3) is 0.346. The standard InChI is InChI=1S/C26H29N5O/c1-17-24(25(30-32-17)18-7-5-4-6-8-18)19-9-14-23-22(15-19)26(28-16-27-23)29-20-10-12-21(13-11-20)31(2)3/h4-9,14-16,20-21H,10-13H2,1-3H3,(H,27,28,29). The first-order valence-electron chi connectivity index (χ1n) is 11.3. The Bertz CT molecular complexity index is 1210. The maximum Gasteiger partial charge on any atom is 0.142 e. The Kier molecular flexibility index (Phi) is 5.62. The molecule has 0 spiro atoms. The molecule has 1 saturated carbocycles. The zero-order chi connectivity index (χ0) is 22.1. The molecule has 4 aromatic rings. The number of hydrogen-bond donors (Lipinski definition) is 1. The number of nitrogens with one attached hydrogen (secondary N) is 1. The van der Waals surface area contributed by atoms with Gasteiger partial charge in [-0.25, -0.2) is 9.97 Å². The second kappa shape index (κ2) is 8.71. The summed E-state index contributed by atoms with van der Waals surface area (Å²) in [4.78, 5) is 11.4. The van der Waals surface area contributed by atoms with Gasteiger partial charge in [0.05, 0.1) is 11.1 Å². The summed E-state index contributed by atoms with van der Waals surface area (Å²) in [6, 6.07) is 17.6. The van der Waals surface area contributed by atoms with Gasteiger partial charge in [0.1, 0.15) is 23.6 Å². The van der Waals surface area contributed by atoms with Crippen LogP contribution >= 0.6 is 0 Å². The van der Waals surface area contributed by atoms with E-state index >= 15 is 0 Å². The number of anilines is 1. The summed E-state index contributed by atoms with van der Waals surface area (Å²) in [5, 5.41) is 9.09. The quantitative estimate of drug-likeness (QED) is 0.451. The highest BCUT2D eigenvalue weighted by Crippen LogP contribution is 2.36. The molecule has 0 radical (unpaired) electrons. The second-order valence-corrected chi connectivity index (χ2v) is 8.90. The van der Waals surface area contributed by atoms with Crippen molar-refractivity contribution in [2.75, 3.05) is 19.4 Å². The fourth-order valence-corrected chi connectivity index (χ4v) is 4.76. The number of nitrogens with zero attached hydrogens (tertiary/aromatic N) is 4. The van der Waals surface area contributed by atoms with E-state index in [0.29, 0.717) is 12.1 Å². The minimum atomic E-state index is 0.435. The fourth-order valence-electron chi connectivity index (χ4n) is 4.76. The normalized spacial score (nSPS) is 18.9. The Hall–Kier alpha value is -3.25. The molecule has 5 rings (SSSR count). The third-order valence-corrected chi connectivity index (χ3v) is 6.60. The van der Waals surface area contributed by atoms with Crippen molar-refractivity contribution in [1.29, 1.82) is 0 Å². The van der Waals surface area contributed by atoms with Crippen LogP contribution in [0.5, 0.6) is 0 Å². The van der Waals surface area contributed by atoms with E-state index in [1.165, 1.54) is 12.8 Å². The molecule has 0 amide bonds. The van der Waals surface area contributed by atoms with Gasteiger partial charge in [-0.1, -0.05) is 41.6 Å². The van der Waals surface area contributed by atoms with E-state index < -0.39 is 0 Å². The van der Waals surface area contributed by atoms with Crippen molar-refractivity contribution in [1.82, 2.24) is 20.0 Å². The number of aryl methyl sites for hydroxylation is 1. The van der Waals surface area contributed by atoms with Crippen LogP contribution in [0.15, 0.2) is 59.4 Å². The Labute approximate surface area is 188 Å². The molecule has 2 aromatic carbocycles. The summed E-state index contributed by atoms with van der Waals surface area (Å²) < 4.78 is 5.60. The van der Waals surface area contributed by atoms with Crippen LogP contribution in [-0.2, 0) is 0 Å². The topological polar surface area (TPSA) is 67.1 Å². The number of aromatic nitrogens is 3. The molecule has 2 heterocycles. The van der Waals surface area contributed by atoms with Crippen LogP contribution in [-0.4, -0.2) is 46.2 Å².